The molecule has 3 atom stereocenters. The van der Waals surface area contributed by atoms with Gasteiger partial charge < -0.3 is 15.7 Å². The maximum atomic E-state index is 12.6. The number of nitrogens with zero attached hydrogens (tertiary/aromatic N) is 1. The van der Waals surface area contributed by atoms with Crippen molar-refractivity contribution >= 4 is 5.91 Å². The van der Waals surface area contributed by atoms with Crippen molar-refractivity contribution in [3.05, 3.63) is 35.9 Å². The molecule has 1 fully saturated rings. The zero-order valence-electron chi connectivity index (χ0n) is 13.0. The van der Waals surface area contributed by atoms with E-state index in [0.29, 0.717) is 19.5 Å². The summed E-state index contributed by atoms with van der Waals surface area (Å²) in [5.41, 5.74) is 6.57. The summed E-state index contributed by atoms with van der Waals surface area (Å²) in [5, 5.41) is 10.1. The Morgan fingerprint density at radius 3 is 2.62 bits per heavy atom. The van der Waals surface area contributed by atoms with Gasteiger partial charge in [0.25, 0.3) is 0 Å². The summed E-state index contributed by atoms with van der Waals surface area (Å²) in [4.78, 5) is 14.5. The molecule has 1 heterocycles. The molecule has 0 aliphatic carbocycles. The molecule has 1 aliphatic rings. The van der Waals surface area contributed by atoms with E-state index in [-0.39, 0.29) is 17.9 Å². The lowest BCUT2D eigenvalue weighted by Gasteiger charge is -2.28. The highest BCUT2D eigenvalue weighted by molar-refractivity contribution is 5.79. The van der Waals surface area contributed by atoms with Gasteiger partial charge in [0.2, 0.25) is 5.91 Å². The monoisotopic (exact) mass is 290 g/mol. The van der Waals surface area contributed by atoms with Gasteiger partial charge in [-0.15, -0.1) is 0 Å². The number of aliphatic hydroxyl groups is 1. The molecule has 1 saturated heterocycles. The molecule has 0 radical (unpaired) electrons. The first-order valence-corrected chi connectivity index (χ1v) is 7.72. The van der Waals surface area contributed by atoms with Crippen molar-refractivity contribution < 1.29 is 9.90 Å². The smallest absolute Gasteiger partial charge is 0.227 e. The van der Waals surface area contributed by atoms with Gasteiger partial charge in [0.1, 0.15) is 0 Å². The fourth-order valence-electron chi connectivity index (χ4n) is 2.89. The molecule has 0 spiro atoms. The van der Waals surface area contributed by atoms with E-state index in [4.69, 9.17) is 5.73 Å². The Kier molecular flexibility index (Phi) is 5.01. The molecule has 0 bridgehead atoms. The average molecular weight is 290 g/mol. The lowest BCUT2D eigenvalue weighted by molar-refractivity contribution is -0.135. The summed E-state index contributed by atoms with van der Waals surface area (Å²) in [6.45, 7) is 5.06. The first-order chi connectivity index (χ1) is 9.91. The van der Waals surface area contributed by atoms with E-state index in [1.165, 1.54) is 0 Å². The minimum absolute atomic E-state index is 0.0871. The second-order valence-corrected chi connectivity index (χ2v) is 6.40. The molecule has 1 aromatic carbocycles. The van der Waals surface area contributed by atoms with Crippen LogP contribution in [0.2, 0.25) is 0 Å². The van der Waals surface area contributed by atoms with Crippen LogP contribution in [0.3, 0.4) is 0 Å². The van der Waals surface area contributed by atoms with Gasteiger partial charge in [-0.1, -0.05) is 37.3 Å². The van der Waals surface area contributed by atoms with Crippen LogP contribution in [0.25, 0.3) is 0 Å². The summed E-state index contributed by atoms with van der Waals surface area (Å²) in [7, 11) is 0. The molecular formula is C17H26N2O2. The molecular weight excluding hydrogens is 264 g/mol. The zero-order valence-corrected chi connectivity index (χ0v) is 13.0. The topological polar surface area (TPSA) is 66.6 Å². The number of nitrogens with two attached hydrogens (primary N) is 1. The molecule has 0 aromatic heterocycles. The van der Waals surface area contributed by atoms with Crippen LogP contribution in [0, 0.1) is 5.92 Å². The molecule has 2 rings (SSSR count). The van der Waals surface area contributed by atoms with Gasteiger partial charge in [-0.25, -0.2) is 0 Å². The van der Waals surface area contributed by atoms with E-state index in [9.17, 15) is 9.90 Å². The van der Waals surface area contributed by atoms with Gasteiger partial charge in [-0.3, -0.25) is 4.79 Å². The third kappa shape index (κ3) is 4.05. The van der Waals surface area contributed by atoms with Crippen LogP contribution in [0.15, 0.2) is 30.3 Å². The highest BCUT2D eigenvalue weighted by Crippen LogP contribution is 2.25. The fourth-order valence-corrected chi connectivity index (χ4v) is 2.89. The molecule has 4 heteroatoms. The highest BCUT2D eigenvalue weighted by Gasteiger charge is 2.31. The van der Waals surface area contributed by atoms with Gasteiger partial charge in [-0.05, 0) is 31.7 Å². The van der Waals surface area contributed by atoms with Crippen LogP contribution < -0.4 is 5.73 Å². The maximum Gasteiger partial charge on any atom is 0.227 e. The van der Waals surface area contributed by atoms with Crippen molar-refractivity contribution in [2.24, 2.45) is 11.7 Å². The number of carbonyl (C=O) groups is 1. The van der Waals surface area contributed by atoms with E-state index in [0.717, 1.165) is 18.4 Å². The second kappa shape index (κ2) is 6.58. The van der Waals surface area contributed by atoms with E-state index in [1.807, 2.05) is 49.1 Å². The van der Waals surface area contributed by atoms with E-state index in [1.54, 1.807) is 0 Å². The molecule has 1 amide bonds. The van der Waals surface area contributed by atoms with Crippen molar-refractivity contribution in [3.8, 4) is 0 Å². The van der Waals surface area contributed by atoms with Crippen molar-refractivity contribution in [2.75, 3.05) is 13.1 Å². The quantitative estimate of drug-likeness (QED) is 0.895. The third-order valence-corrected chi connectivity index (χ3v) is 4.49. The predicted molar refractivity (Wildman–Crippen MR) is 83.6 cm³/mol. The Balaban J connectivity index is 2.02. The van der Waals surface area contributed by atoms with Gasteiger partial charge >= 0.3 is 0 Å². The molecule has 3 N–H and O–H groups in total. The predicted octanol–water partition coefficient (Wildman–Crippen LogP) is 2.09. The number of amides is 1. The summed E-state index contributed by atoms with van der Waals surface area (Å²) < 4.78 is 0. The van der Waals surface area contributed by atoms with E-state index < -0.39 is 5.60 Å². The Labute approximate surface area is 126 Å². The van der Waals surface area contributed by atoms with Crippen molar-refractivity contribution in [1.29, 1.82) is 0 Å². The molecule has 0 saturated carbocycles. The molecule has 1 aromatic rings. The number of carbonyl (C=O) groups excluding carboxylic acids is 1. The first kappa shape index (κ1) is 16.0. The van der Waals surface area contributed by atoms with E-state index >= 15 is 0 Å². The van der Waals surface area contributed by atoms with Crippen LogP contribution in [0.4, 0.5) is 0 Å². The average Bonchev–Trinajstić information content (AvgIpc) is 2.66. The highest BCUT2D eigenvalue weighted by atomic mass is 16.3. The number of benzene rings is 1. The van der Waals surface area contributed by atoms with Crippen LogP contribution in [-0.4, -0.2) is 34.6 Å². The van der Waals surface area contributed by atoms with Crippen molar-refractivity contribution in [3.63, 3.8) is 0 Å². The van der Waals surface area contributed by atoms with Gasteiger partial charge in [0, 0.05) is 19.1 Å². The lowest BCUT2D eigenvalue weighted by Crippen LogP contribution is -2.40. The first-order valence-electron chi connectivity index (χ1n) is 7.72. The molecule has 4 nitrogen and oxygen atoms in total. The Hall–Kier alpha value is -1.39. The fraction of sp³-hybridized carbons (Fsp3) is 0.588. The minimum atomic E-state index is -0.653. The largest absolute Gasteiger partial charge is 0.390 e. The second-order valence-electron chi connectivity index (χ2n) is 6.40. The molecule has 3 unspecified atom stereocenters. The summed E-state index contributed by atoms with van der Waals surface area (Å²) in [5.74, 6) is -0.167. The standard InChI is InChI=1S/C17H26N2O2/c1-13(15(18)14-7-4-3-5-8-14)16(20)19-11-6-9-17(2,21)10-12-19/h3-5,7-8,13,15,21H,6,9-12,18H2,1-2H3. The number of hydrogen-bond donors (Lipinski definition) is 2. The molecule has 1 aliphatic heterocycles. The van der Waals surface area contributed by atoms with Crippen LogP contribution in [0.1, 0.15) is 44.7 Å². The van der Waals surface area contributed by atoms with Crippen molar-refractivity contribution in [2.45, 2.75) is 44.8 Å². The Morgan fingerprint density at radius 1 is 1.29 bits per heavy atom. The van der Waals surface area contributed by atoms with Crippen LogP contribution >= 0.6 is 0 Å². The molecule has 116 valence electrons. The third-order valence-electron chi connectivity index (χ3n) is 4.49. The normalized spacial score (nSPS) is 26.0. The zero-order chi connectivity index (χ0) is 15.5. The van der Waals surface area contributed by atoms with Gasteiger partial charge in [0.05, 0.1) is 11.5 Å². The summed E-state index contributed by atoms with van der Waals surface area (Å²) in [6.07, 6.45) is 2.22. The van der Waals surface area contributed by atoms with Crippen LogP contribution in [-0.2, 0) is 4.79 Å². The van der Waals surface area contributed by atoms with Gasteiger partial charge in [0.15, 0.2) is 0 Å². The Bertz CT molecular complexity index is 473. The van der Waals surface area contributed by atoms with Crippen LogP contribution in [0.5, 0.6) is 0 Å². The Morgan fingerprint density at radius 2 is 1.95 bits per heavy atom. The lowest BCUT2D eigenvalue weighted by atomic mass is 9.94. The van der Waals surface area contributed by atoms with Crippen molar-refractivity contribution in [1.82, 2.24) is 4.90 Å². The number of hydrogen-bond acceptors (Lipinski definition) is 3. The molecule has 21 heavy (non-hydrogen) atoms. The maximum absolute atomic E-state index is 12.6. The SMILES string of the molecule is CC(C(=O)N1CCCC(C)(O)CC1)C(N)c1ccccc1. The summed E-state index contributed by atoms with van der Waals surface area (Å²) in [6, 6.07) is 9.45. The van der Waals surface area contributed by atoms with E-state index in [2.05, 4.69) is 0 Å². The minimum Gasteiger partial charge on any atom is -0.390 e. The number of likely N-dealkylation sites (tertiary alicyclic amines) is 1. The summed E-state index contributed by atoms with van der Waals surface area (Å²) >= 11 is 0. The van der Waals surface area contributed by atoms with Gasteiger partial charge in [-0.2, -0.15) is 0 Å². The number of rotatable bonds is 3.